The molecule has 0 aliphatic heterocycles. The average molecular weight is 219 g/mol. The minimum Gasteiger partial charge on any atom is -0.439 e. The zero-order valence-electron chi connectivity index (χ0n) is 8.43. The van der Waals surface area contributed by atoms with Gasteiger partial charge in [0.2, 0.25) is 11.8 Å². The molecule has 0 atom stereocenters. The van der Waals surface area contributed by atoms with Gasteiger partial charge in [0.1, 0.15) is 5.75 Å². The third-order valence-corrected chi connectivity index (χ3v) is 2.05. The quantitative estimate of drug-likeness (QED) is 0.806. The van der Waals surface area contributed by atoms with Crippen molar-refractivity contribution in [2.24, 2.45) is 0 Å². The van der Waals surface area contributed by atoms with Crippen LogP contribution in [0.1, 0.15) is 5.56 Å². The van der Waals surface area contributed by atoms with Crippen LogP contribution in [0.2, 0.25) is 0 Å². The van der Waals surface area contributed by atoms with Gasteiger partial charge in [0.05, 0.1) is 6.61 Å². The fourth-order valence-corrected chi connectivity index (χ4v) is 1.29. The van der Waals surface area contributed by atoms with Crippen molar-refractivity contribution in [3.8, 4) is 11.6 Å². The highest BCUT2D eigenvalue weighted by Crippen LogP contribution is 2.23. The second-order valence-electron chi connectivity index (χ2n) is 3.17. The molecule has 1 N–H and O–H groups in total. The van der Waals surface area contributed by atoms with Crippen LogP contribution in [0.3, 0.4) is 0 Å². The van der Waals surface area contributed by atoms with E-state index in [1.807, 2.05) is 0 Å². The number of benzene rings is 1. The van der Waals surface area contributed by atoms with E-state index >= 15 is 0 Å². The molecule has 0 unspecified atom stereocenters. The number of para-hydroxylation sites is 1. The molecule has 0 amide bonds. The average Bonchev–Trinajstić information content (AvgIpc) is 2.30. The molecule has 2 rings (SSSR count). The van der Waals surface area contributed by atoms with E-state index in [9.17, 15) is 4.39 Å². The summed E-state index contributed by atoms with van der Waals surface area (Å²) in [4.78, 5) is 3.57. The van der Waals surface area contributed by atoms with Gasteiger partial charge in [-0.25, -0.2) is 0 Å². The lowest BCUT2D eigenvalue weighted by Crippen LogP contribution is -1.94. The lowest BCUT2D eigenvalue weighted by molar-refractivity contribution is 0.276. The smallest absolute Gasteiger partial charge is 0.221 e. The highest BCUT2D eigenvalue weighted by atomic mass is 19.1. The van der Waals surface area contributed by atoms with Crippen LogP contribution < -0.4 is 4.74 Å². The summed E-state index contributed by atoms with van der Waals surface area (Å²) in [5.74, 6) is 0.0444. The van der Waals surface area contributed by atoms with Gasteiger partial charge in [-0.3, -0.25) is 0 Å². The SMILES string of the molecule is OCc1ccccc1Oc1cccc(F)n1. The normalized spacial score (nSPS) is 10.1. The highest BCUT2D eigenvalue weighted by Gasteiger charge is 2.04. The first-order valence-electron chi connectivity index (χ1n) is 4.79. The Hall–Kier alpha value is -1.94. The molecule has 0 spiro atoms. The van der Waals surface area contributed by atoms with Crippen molar-refractivity contribution >= 4 is 0 Å². The third kappa shape index (κ3) is 2.35. The number of hydrogen-bond donors (Lipinski definition) is 1. The largest absolute Gasteiger partial charge is 0.439 e. The molecule has 0 aliphatic carbocycles. The summed E-state index contributed by atoms with van der Waals surface area (Å²) in [7, 11) is 0. The van der Waals surface area contributed by atoms with Crippen LogP contribution in [0.4, 0.5) is 4.39 Å². The molecule has 0 aliphatic rings. The van der Waals surface area contributed by atoms with Gasteiger partial charge < -0.3 is 9.84 Å². The van der Waals surface area contributed by atoms with Gasteiger partial charge in [0, 0.05) is 11.6 Å². The first-order valence-corrected chi connectivity index (χ1v) is 4.79. The summed E-state index contributed by atoms with van der Waals surface area (Å²) in [6.07, 6.45) is 0. The Morgan fingerprint density at radius 3 is 2.69 bits per heavy atom. The van der Waals surface area contributed by atoms with Crippen LogP contribution >= 0.6 is 0 Å². The maximum atomic E-state index is 12.8. The number of aliphatic hydroxyl groups excluding tert-OH is 1. The van der Waals surface area contributed by atoms with Crippen molar-refractivity contribution in [3.63, 3.8) is 0 Å². The number of aliphatic hydroxyl groups is 1. The summed E-state index contributed by atoms with van der Waals surface area (Å²) in [6, 6.07) is 11.3. The fourth-order valence-electron chi connectivity index (χ4n) is 1.29. The number of aromatic nitrogens is 1. The second kappa shape index (κ2) is 4.72. The zero-order valence-corrected chi connectivity index (χ0v) is 8.43. The van der Waals surface area contributed by atoms with Gasteiger partial charge in [-0.05, 0) is 12.1 Å². The Morgan fingerprint density at radius 2 is 1.94 bits per heavy atom. The minimum absolute atomic E-state index is 0.133. The van der Waals surface area contributed by atoms with Crippen LogP contribution in [-0.2, 0) is 6.61 Å². The molecule has 0 bridgehead atoms. The molecule has 0 saturated heterocycles. The maximum Gasteiger partial charge on any atom is 0.221 e. The van der Waals surface area contributed by atoms with Crippen LogP contribution in [-0.4, -0.2) is 10.1 Å². The fraction of sp³-hybridized carbons (Fsp3) is 0.0833. The Balaban J connectivity index is 2.26. The van der Waals surface area contributed by atoms with Crippen molar-refractivity contribution in [2.75, 3.05) is 0 Å². The van der Waals surface area contributed by atoms with E-state index in [4.69, 9.17) is 9.84 Å². The lowest BCUT2D eigenvalue weighted by Gasteiger charge is -2.08. The van der Waals surface area contributed by atoms with Crippen molar-refractivity contribution in [1.82, 2.24) is 4.98 Å². The van der Waals surface area contributed by atoms with Gasteiger partial charge >= 0.3 is 0 Å². The van der Waals surface area contributed by atoms with Crippen molar-refractivity contribution in [3.05, 3.63) is 54.0 Å². The molecule has 3 nitrogen and oxygen atoms in total. The maximum absolute atomic E-state index is 12.8. The van der Waals surface area contributed by atoms with Crippen LogP contribution in [0.15, 0.2) is 42.5 Å². The molecule has 1 heterocycles. The first kappa shape index (κ1) is 10.6. The van der Waals surface area contributed by atoms with Crippen LogP contribution in [0, 0.1) is 5.95 Å². The summed E-state index contributed by atoms with van der Waals surface area (Å²) >= 11 is 0. The molecular weight excluding hydrogens is 209 g/mol. The summed E-state index contributed by atoms with van der Waals surface area (Å²) in [5.41, 5.74) is 0.633. The molecule has 82 valence electrons. The summed E-state index contributed by atoms with van der Waals surface area (Å²) in [5, 5.41) is 9.08. The molecular formula is C12H10FNO2. The topological polar surface area (TPSA) is 42.4 Å². The van der Waals surface area contributed by atoms with E-state index in [-0.39, 0.29) is 12.5 Å². The van der Waals surface area contributed by atoms with Crippen molar-refractivity contribution in [2.45, 2.75) is 6.61 Å². The Morgan fingerprint density at radius 1 is 1.12 bits per heavy atom. The Bertz CT molecular complexity index is 488. The van der Waals surface area contributed by atoms with Gasteiger partial charge in [0.15, 0.2) is 0 Å². The number of rotatable bonds is 3. The van der Waals surface area contributed by atoms with Crippen LogP contribution in [0.5, 0.6) is 11.6 Å². The number of halogens is 1. The Labute approximate surface area is 92.1 Å². The monoisotopic (exact) mass is 219 g/mol. The van der Waals surface area contributed by atoms with Gasteiger partial charge in [-0.2, -0.15) is 9.37 Å². The van der Waals surface area contributed by atoms with Crippen molar-refractivity contribution < 1.29 is 14.2 Å². The molecule has 1 aromatic carbocycles. The van der Waals surface area contributed by atoms with E-state index in [0.29, 0.717) is 11.3 Å². The van der Waals surface area contributed by atoms with Gasteiger partial charge in [0.25, 0.3) is 0 Å². The Kier molecular flexibility index (Phi) is 3.12. The minimum atomic E-state index is -0.598. The number of nitrogens with zero attached hydrogens (tertiary/aromatic N) is 1. The summed E-state index contributed by atoms with van der Waals surface area (Å²) < 4.78 is 18.2. The van der Waals surface area contributed by atoms with E-state index in [1.54, 1.807) is 30.3 Å². The first-order chi connectivity index (χ1) is 7.79. The second-order valence-corrected chi connectivity index (χ2v) is 3.17. The highest BCUT2D eigenvalue weighted by molar-refractivity contribution is 5.35. The molecule has 0 saturated carbocycles. The van der Waals surface area contributed by atoms with E-state index in [0.717, 1.165) is 0 Å². The zero-order chi connectivity index (χ0) is 11.4. The van der Waals surface area contributed by atoms with Gasteiger partial charge in [-0.15, -0.1) is 0 Å². The summed E-state index contributed by atoms with van der Waals surface area (Å²) in [6.45, 7) is -0.133. The van der Waals surface area contributed by atoms with Gasteiger partial charge in [-0.1, -0.05) is 24.3 Å². The predicted octanol–water partition coefficient (Wildman–Crippen LogP) is 2.51. The third-order valence-electron chi connectivity index (χ3n) is 2.05. The molecule has 16 heavy (non-hydrogen) atoms. The number of pyridine rings is 1. The number of ether oxygens (including phenoxy) is 1. The molecule has 0 radical (unpaired) electrons. The predicted molar refractivity (Wildman–Crippen MR) is 56.6 cm³/mol. The van der Waals surface area contributed by atoms with E-state index in [2.05, 4.69) is 4.98 Å². The molecule has 2 aromatic rings. The molecule has 0 fully saturated rings. The molecule has 4 heteroatoms. The number of hydrogen-bond acceptors (Lipinski definition) is 3. The van der Waals surface area contributed by atoms with E-state index in [1.165, 1.54) is 12.1 Å². The van der Waals surface area contributed by atoms with Crippen LogP contribution in [0.25, 0.3) is 0 Å². The van der Waals surface area contributed by atoms with E-state index < -0.39 is 5.95 Å². The standard InChI is InChI=1S/C12H10FNO2/c13-11-6-3-7-12(14-11)16-10-5-2-1-4-9(10)8-15/h1-7,15H,8H2. The lowest BCUT2D eigenvalue weighted by atomic mass is 10.2. The van der Waals surface area contributed by atoms with Crippen molar-refractivity contribution in [1.29, 1.82) is 0 Å². The molecule has 1 aromatic heterocycles.